The minimum Gasteiger partial charge on any atom is -0.347 e. The van der Waals surface area contributed by atoms with E-state index in [0.29, 0.717) is 6.54 Å². The molecule has 2 N–H and O–H groups in total. The van der Waals surface area contributed by atoms with Crippen LogP contribution in [0, 0.1) is 0 Å². The number of anilines is 1. The summed E-state index contributed by atoms with van der Waals surface area (Å²) in [6.45, 7) is 11.3. The average Bonchev–Trinajstić information content (AvgIpc) is 2.25. The summed E-state index contributed by atoms with van der Waals surface area (Å²) >= 11 is 0. The highest BCUT2D eigenvalue weighted by atomic mass is 15.3. The van der Waals surface area contributed by atoms with Crippen LogP contribution in [0.3, 0.4) is 0 Å². The molecular formula is C12H20N4. The quantitative estimate of drug-likeness (QED) is 0.785. The summed E-state index contributed by atoms with van der Waals surface area (Å²) in [5.74, 6) is 0.851. The van der Waals surface area contributed by atoms with Crippen LogP contribution < -0.4 is 10.6 Å². The monoisotopic (exact) mass is 220 g/mol. The second-order valence-electron chi connectivity index (χ2n) is 4.66. The van der Waals surface area contributed by atoms with Gasteiger partial charge in [0.1, 0.15) is 0 Å². The van der Waals surface area contributed by atoms with Crippen molar-refractivity contribution in [2.45, 2.75) is 32.9 Å². The van der Waals surface area contributed by atoms with Gasteiger partial charge in [-0.2, -0.15) is 5.10 Å². The Morgan fingerprint density at radius 3 is 2.44 bits per heavy atom. The van der Waals surface area contributed by atoms with Crippen LogP contribution in [0.2, 0.25) is 0 Å². The lowest BCUT2D eigenvalue weighted by molar-refractivity contribution is 0.515. The number of nitrogens with zero attached hydrogens (tertiary/aromatic N) is 3. The Hall–Kier alpha value is -1.42. The van der Waals surface area contributed by atoms with Crippen molar-refractivity contribution in [3.63, 3.8) is 0 Å². The zero-order valence-electron chi connectivity index (χ0n) is 10.3. The molecule has 0 radical (unpaired) electrons. The first-order chi connectivity index (χ1) is 7.49. The minimum atomic E-state index is -0.00684. The van der Waals surface area contributed by atoms with Gasteiger partial charge in [0.2, 0.25) is 0 Å². The van der Waals surface area contributed by atoms with E-state index in [1.807, 2.05) is 18.2 Å². The Labute approximate surface area is 97.2 Å². The predicted octanol–water partition coefficient (Wildman–Crippen LogP) is 1.73. The van der Waals surface area contributed by atoms with E-state index in [9.17, 15) is 0 Å². The Balaban J connectivity index is 2.97. The first-order valence-corrected chi connectivity index (χ1v) is 5.40. The van der Waals surface area contributed by atoms with Crippen LogP contribution in [0.4, 0.5) is 5.82 Å². The highest BCUT2D eigenvalue weighted by molar-refractivity contribution is 5.41. The standard InChI is InChI=1S/C12H20N4/c1-5-8-16(12(2,3)4)11-7-6-10(9-13)14-15-11/h5-7H,1,8-9,13H2,2-4H3. The van der Waals surface area contributed by atoms with Gasteiger partial charge in [-0.05, 0) is 32.9 Å². The molecule has 4 nitrogen and oxygen atoms in total. The molecule has 0 unspecified atom stereocenters. The zero-order chi connectivity index (χ0) is 12.2. The molecule has 0 saturated heterocycles. The Morgan fingerprint density at radius 1 is 1.38 bits per heavy atom. The summed E-state index contributed by atoms with van der Waals surface area (Å²) in [4.78, 5) is 2.15. The van der Waals surface area contributed by atoms with Crippen LogP contribution in [0.15, 0.2) is 24.8 Å². The van der Waals surface area contributed by atoms with E-state index in [0.717, 1.165) is 18.1 Å². The molecule has 0 amide bonds. The number of hydrogen-bond acceptors (Lipinski definition) is 4. The van der Waals surface area contributed by atoms with E-state index in [2.05, 4.69) is 42.4 Å². The predicted molar refractivity (Wildman–Crippen MR) is 67.2 cm³/mol. The van der Waals surface area contributed by atoms with Crippen LogP contribution in [0.5, 0.6) is 0 Å². The molecule has 16 heavy (non-hydrogen) atoms. The normalized spacial score (nSPS) is 11.2. The molecular weight excluding hydrogens is 200 g/mol. The van der Waals surface area contributed by atoms with Crippen LogP contribution in [-0.2, 0) is 6.54 Å². The van der Waals surface area contributed by atoms with Gasteiger partial charge in [0.25, 0.3) is 0 Å². The molecule has 0 aromatic carbocycles. The van der Waals surface area contributed by atoms with Crippen molar-refractivity contribution < 1.29 is 0 Å². The summed E-state index contributed by atoms with van der Waals surface area (Å²) in [5.41, 5.74) is 6.28. The average molecular weight is 220 g/mol. The Kier molecular flexibility index (Phi) is 4.01. The summed E-state index contributed by atoms with van der Waals surface area (Å²) in [6.07, 6.45) is 1.86. The van der Waals surface area contributed by atoms with Gasteiger partial charge in [0.05, 0.1) is 5.69 Å². The molecule has 1 heterocycles. The summed E-state index contributed by atoms with van der Waals surface area (Å²) in [7, 11) is 0. The summed E-state index contributed by atoms with van der Waals surface area (Å²) in [6, 6.07) is 3.86. The number of aromatic nitrogens is 2. The molecule has 0 aliphatic heterocycles. The van der Waals surface area contributed by atoms with Crippen molar-refractivity contribution >= 4 is 5.82 Å². The van der Waals surface area contributed by atoms with Crippen molar-refractivity contribution in [3.8, 4) is 0 Å². The maximum absolute atomic E-state index is 5.49. The van der Waals surface area contributed by atoms with Crippen molar-refractivity contribution in [1.29, 1.82) is 0 Å². The fourth-order valence-corrected chi connectivity index (χ4v) is 1.45. The van der Waals surface area contributed by atoms with Gasteiger partial charge in [-0.1, -0.05) is 6.08 Å². The number of rotatable bonds is 4. The second-order valence-corrected chi connectivity index (χ2v) is 4.66. The van der Waals surface area contributed by atoms with Gasteiger partial charge >= 0.3 is 0 Å². The molecule has 0 bridgehead atoms. The number of nitrogens with two attached hydrogens (primary N) is 1. The van der Waals surface area contributed by atoms with Gasteiger partial charge in [0, 0.05) is 18.6 Å². The van der Waals surface area contributed by atoms with E-state index in [-0.39, 0.29) is 5.54 Å². The van der Waals surface area contributed by atoms with Crippen molar-refractivity contribution in [2.24, 2.45) is 5.73 Å². The van der Waals surface area contributed by atoms with Gasteiger partial charge < -0.3 is 10.6 Å². The van der Waals surface area contributed by atoms with Crippen molar-refractivity contribution in [1.82, 2.24) is 10.2 Å². The van der Waals surface area contributed by atoms with E-state index < -0.39 is 0 Å². The van der Waals surface area contributed by atoms with Gasteiger partial charge in [-0.25, -0.2) is 0 Å². The van der Waals surface area contributed by atoms with Gasteiger partial charge in [0.15, 0.2) is 5.82 Å². The topological polar surface area (TPSA) is 55.0 Å². The molecule has 1 aromatic rings. The molecule has 0 aliphatic rings. The zero-order valence-corrected chi connectivity index (χ0v) is 10.3. The van der Waals surface area contributed by atoms with Crippen LogP contribution in [0.25, 0.3) is 0 Å². The summed E-state index contributed by atoms with van der Waals surface area (Å²) in [5, 5.41) is 8.25. The Bertz CT molecular complexity index is 337. The van der Waals surface area contributed by atoms with Crippen LogP contribution in [0.1, 0.15) is 26.5 Å². The molecule has 4 heteroatoms. The first kappa shape index (κ1) is 12.6. The lowest BCUT2D eigenvalue weighted by Crippen LogP contribution is -2.42. The smallest absolute Gasteiger partial charge is 0.151 e. The van der Waals surface area contributed by atoms with Crippen LogP contribution in [-0.4, -0.2) is 22.3 Å². The molecule has 88 valence electrons. The maximum Gasteiger partial charge on any atom is 0.151 e. The lowest BCUT2D eigenvalue weighted by Gasteiger charge is -2.35. The van der Waals surface area contributed by atoms with Crippen LogP contribution >= 0.6 is 0 Å². The van der Waals surface area contributed by atoms with E-state index in [1.54, 1.807) is 0 Å². The van der Waals surface area contributed by atoms with Gasteiger partial charge in [-0.3, -0.25) is 0 Å². The SMILES string of the molecule is C=CCN(c1ccc(CN)nn1)C(C)(C)C. The molecule has 0 saturated carbocycles. The largest absolute Gasteiger partial charge is 0.347 e. The molecule has 1 aromatic heterocycles. The Morgan fingerprint density at radius 2 is 2.06 bits per heavy atom. The summed E-state index contributed by atoms with van der Waals surface area (Å²) < 4.78 is 0. The maximum atomic E-state index is 5.49. The fourth-order valence-electron chi connectivity index (χ4n) is 1.45. The fraction of sp³-hybridized carbons (Fsp3) is 0.500. The molecule has 0 spiro atoms. The highest BCUT2D eigenvalue weighted by Crippen LogP contribution is 2.20. The highest BCUT2D eigenvalue weighted by Gasteiger charge is 2.21. The number of hydrogen-bond donors (Lipinski definition) is 1. The molecule has 0 aliphatic carbocycles. The van der Waals surface area contributed by atoms with E-state index in [4.69, 9.17) is 5.73 Å². The van der Waals surface area contributed by atoms with E-state index >= 15 is 0 Å². The van der Waals surface area contributed by atoms with Crippen molar-refractivity contribution in [3.05, 3.63) is 30.5 Å². The van der Waals surface area contributed by atoms with Crippen molar-refractivity contribution in [2.75, 3.05) is 11.4 Å². The third kappa shape index (κ3) is 3.03. The minimum absolute atomic E-state index is 0.00684. The third-order valence-corrected chi connectivity index (χ3v) is 2.31. The third-order valence-electron chi connectivity index (χ3n) is 2.31. The first-order valence-electron chi connectivity index (χ1n) is 5.40. The second kappa shape index (κ2) is 5.07. The molecule has 0 atom stereocenters. The lowest BCUT2D eigenvalue weighted by atomic mass is 10.1. The molecule has 1 rings (SSSR count). The van der Waals surface area contributed by atoms with E-state index in [1.165, 1.54) is 0 Å². The van der Waals surface area contributed by atoms with Gasteiger partial charge in [-0.15, -0.1) is 11.7 Å². The molecule has 0 fully saturated rings.